The van der Waals surface area contributed by atoms with Gasteiger partial charge in [-0.05, 0) is 32.7 Å². The van der Waals surface area contributed by atoms with Crippen molar-refractivity contribution >= 4 is 16.0 Å². The first-order chi connectivity index (χ1) is 10.4. The molecule has 2 heterocycles. The summed E-state index contributed by atoms with van der Waals surface area (Å²) in [5.41, 5.74) is 0. The van der Waals surface area contributed by atoms with E-state index in [0.29, 0.717) is 31.2 Å². The summed E-state index contributed by atoms with van der Waals surface area (Å²) in [5, 5.41) is 6.65. The van der Waals surface area contributed by atoms with Gasteiger partial charge in [-0.1, -0.05) is 6.42 Å². The molecule has 0 aliphatic carbocycles. The number of aliphatic imine (C=N–C) groups is 1. The molecule has 0 aromatic heterocycles. The van der Waals surface area contributed by atoms with E-state index in [1.54, 1.807) is 7.05 Å². The first-order valence-electron chi connectivity index (χ1n) is 8.03. The minimum absolute atomic E-state index is 0.359. The van der Waals surface area contributed by atoms with Crippen LogP contribution in [0.4, 0.5) is 0 Å². The molecular weight excluding hydrogens is 302 g/mol. The Labute approximate surface area is 134 Å². The Morgan fingerprint density at radius 2 is 1.86 bits per heavy atom. The molecule has 22 heavy (non-hydrogen) atoms. The molecule has 2 atom stereocenters. The van der Waals surface area contributed by atoms with Crippen LogP contribution in [0.5, 0.6) is 0 Å². The van der Waals surface area contributed by atoms with Crippen LogP contribution in [0.2, 0.25) is 0 Å². The van der Waals surface area contributed by atoms with Gasteiger partial charge in [0.25, 0.3) is 0 Å². The number of hydrogen-bond donors (Lipinski definition) is 3. The molecule has 0 aromatic rings. The van der Waals surface area contributed by atoms with E-state index < -0.39 is 10.0 Å². The van der Waals surface area contributed by atoms with Gasteiger partial charge in [0, 0.05) is 38.3 Å². The third-order valence-electron chi connectivity index (χ3n) is 4.69. The van der Waals surface area contributed by atoms with Crippen LogP contribution in [0.3, 0.4) is 0 Å². The second-order valence-electron chi connectivity index (χ2n) is 6.38. The number of hydrogen-bond acceptors (Lipinski definition) is 4. The lowest BCUT2D eigenvalue weighted by molar-refractivity contribution is 0.0526. The van der Waals surface area contributed by atoms with Gasteiger partial charge in [-0.25, -0.2) is 13.1 Å². The highest BCUT2D eigenvalue weighted by molar-refractivity contribution is 7.88. The molecule has 0 radical (unpaired) electrons. The van der Waals surface area contributed by atoms with Crippen molar-refractivity contribution < 1.29 is 8.42 Å². The molecule has 8 heteroatoms. The minimum atomic E-state index is -3.13. The van der Waals surface area contributed by atoms with Gasteiger partial charge in [0.1, 0.15) is 0 Å². The number of guanidine groups is 1. The number of nitrogens with zero attached hydrogens (tertiary/aromatic N) is 2. The molecule has 0 saturated carbocycles. The third-order valence-corrected chi connectivity index (χ3v) is 5.41. The Morgan fingerprint density at radius 3 is 2.41 bits per heavy atom. The van der Waals surface area contributed by atoms with Crippen molar-refractivity contribution in [2.24, 2.45) is 4.99 Å². The number of rotatable bonds is 5. The van der Waals surface area contributed by atoms with Crippen LogP contribution >= 0.6 is 0 Å². The molecule has 3 N–H and O–H groups in total. The van der Waals surface area contributed by atoms with Gasteiger partial charge in [-0.2, -0.15) is 0 Å². The summed E-state index contributed by atoms with van der Waals surface area (Å²) >= 11 is 0. The van der Waals surface area contributed by atoms with E-state index in [0.717, 1.165) is 25.1 Å². The maximum Gasteiger partial charge on any atom is 0.208 e. The van der Waals surface area contributed by atoms with E-state index in [-0.39, 0.29) is 0 Å². The molecule has 2 bridgehead atoms. The second-order valence-corrected chi connectivity index (χ2v) is 8.22. The van der Waals surface area contributed by atoms with Crippen molar-refractivity contribution in [2.75, 3.05) is 33.4 Å². The van der Waals surface area contributed by atoms with Crippen molar-refractivity contribution in [3.05, 3.63) is 0 Å². The lowest BCUT2D eigenvalue weighted by atomic mass is 9.82. The molecule has 0 spiro atoms. The molecule has 2 aliphatic heterocycles. The van der Waals surface area contributed by atoms with E-state index in [2.05, 4.69) is 32.3 Å². The lowest BCUT2D eigenvalue weighted by Gasteiger charge is -2.47. The quantitative estimate of drug-likeness (QED) is 0.366. The fraction of sp³-hybridized carbons (Fsp3) is 0.929. The number of piperidine rings is 2. The average Bonchev–Trinajstić information content (AvgIpc) is 2.42. The van der Waals surface area contributed by atoms with E-state index in [1.807, 2.05) is 0 Å². The molecule has 0 amide bonds. The molecule has 2 saturated heterocycles. The topological polar surface area (TPSA) is 85.8 Å². The van der Waals surface area contributed by atoms with Crippen LogP contribution in [-0.4, -0.2) is 70.8 Å². The van der Waals surface area contributed by atoms with Gasteiger partial charge in [0.15, 0.2) is 5.96 Å². The lowest BCUT2D eigenvalue weighted by Crippen LogP contribution is -2.57. The maximum absolute atomic E-state index is 11.0. The van der Waals surface area contributed by atoms with Crippen LogP contribution in [0, 0.1) is 0 Å². The highest BCUT2D eigenvalue weighted by atomic mass is 32.2. The van der Waals surface area contributed by atoms with Gasteiger partial charge < -0.3 is 15.5 Å². The molecule has 128 valence electrons. The summed E-state index contributed by atoms with van der Waals surface area (Å²) in [4.78, 5) is 6.77. The normalized spacial score (nSPS) is 30.1. The van der Waals surface area contributed by atoms with Gasteiger partial charge >= 0.3 is 0 Å². The van der Waals surface area contributed by atoms with Gasteiger partial charge in [0.2, 0.25) is 10.0 Å². The molecule has 2 rings (SSSR count). The second kappa shape index (κ2) is 7.61. The number of sulfonamides is 1. The summed E-state index contributed by atoms with van der Waals surface area (Å²) in [5.74, 6) is 0.753. The first-order valence-corrected chi connectivity index (χ1v) is 9.92. The van der Waals surface area contributed by atoms with Crippen molar-refractivity contribution in [3.63, 3.8) is 0 Å². The van der Waals surface area contributed by atoms with Crippen LogP contribution in [0.25, 0.3) is 0 Å². The molecule has 2 aliphatic rings. The van der Waals surface area contributed by atoms with Crippen LogP contribution in [0.1, 0.15) is 32.1 Å². The monoisotopic (exact) mass is 331 g/mol. The van der Waals surface area contributed by atoms with Crippen LogP contribution in [0.15, 0.2) is 4.99 Å². The van der Waals surface area contributed by atoms with E-state index in [4.69, 9.17) is 0 Å². The maximum atomic E-state index is 11.0. The molecular formula is C14H29N5O2S. The molecule has 2 unspecified atom stereocenters. The SMILES string of the molecule is CN=C(NCCNS(C)(=O)=O)NC1CC2CCCC(C1)N2C. The van der Waals surface area contributed by atoms with Crippen LogP contribution < -0.4 is 15.4 Å². The third kappa shape index (κ3) is 5.10. The Balaban J connectivity index is 1.76. The van der Waals surface area contributed by atoms with Gasteiger partial charge in [-0.15, -0.1) is 0 Å². The summed E-state index contributed by atoms with van der Waals surface area (Å²) in [6, 6.07) is 1.80. The van der Waals surface area contributed by atoms with Crippen LogP contribution in [-0.2, 0) is 10.0 Å². The standard InChI is InChI=1S/C14H29N5O2S/c1-15-14(16-7-8-17-22(3,20)21)18-11-9-12-5-4-6-13(10-11)19(12)2/h11-13,17H,4-10H2,1-3H3,(H2,15,16,18). The Bertz CT molecular complexity index is 479. The molecule has 2 fully saturated rings. The summed E-state index contributed by atoms with van der Waals surface area (Å²) in [6.07, 6.45) is 7.38. The summed E-state index contributed by atoms with van der Waals surface area (Å²) in [7, 11) is 0.862. The average molecular weight is 331 g/mol. The smallest absolute Gasteiger partial charge is 0.208 e. The van der Waals surface area contributed by atoms with Crippen molar-refractivity contribution in [1.29, 1.82) is 0 Å². The number of fused-ring (bicyclic) bond motifs is 2. The van der Waals surface area contributed by atoms with Crippen molar-refractivity contribution in [1.82, 2.24) is 20.3 Å². The predicted molar refractivity (Wildman–Crippen MR) is 89.6 cm³/mol. The largest absolute Gasteiger partial charge is 0.355 e. The molecule has 7 nitrogen and oxygen atoms in total. The first kappa shape index (κ1) is 17.5. The van der Waals surface area contributed by atoms with Gasteiger partial charge in [0.05, 0.1) is 6.26 Å². The number of nitrogens with one attached hydrogen (secondary N) is 3. The zero-order valence-electron chi connectivity index (χ0n) is 13.8. The zero-order chi connectivity index (χ0) is 16.2. The Morgan fingerprint density at radius 1 is 1.23 bits per heavy atom. The zero-order valence-corrected chi connectivity index (χ0v) is 14.6. The van der Waals surface area contributed by atoms with Crippen molar-refractivity contribution in [3.8, 4) is 0 Å². The highest BCUT2D eigenvalue weighted by Crippen LogP contribution is 2.32. The fourth-order valence-corrected chi connectivity index (χ4v) is 4.01. The minimum Gasteiger partial charge on any atom is -0.355 e. The highest BCUT2D eigenvalue weighted by Gasteiger charge is 2.36. The van der Waals surface area contributed by atoms with E-state index >= 15 is 0 Å². The predicted octanol–water partition coefficient (Wildman–Crippen LogP) is -0.284. The Hall–Kier alpha value is -0.860. The fourth-order valence-electron chi connectivity index (χ4n) is 3.54. The molecule has 0 aromatic carbocycles. The Kier molecular flexibility index (Phi) is 6.05. The summed E-state index contributed by atoms with van der Waals surface area (Å²) < 4.78 is 24.5. The summed E-state index contributed by atoms with van der Waals surface area (Å²) in [6.45, 7) is 0.879. The van der Waals surface area contributed by atoms with E-state index in [1.165, 1.54) is 19.3 Å². The van der Waals surface area contributed by atoms with E-state index in [9.17, 15) is 8.42 Å². The van der Waals surface area contributed by atoms with Gasteiger partial charge in [-0.3, -0.25) is 4.99 Å². The van der Waals surface area contributed by atoms with Crippen molar-refractivity contribution in [2.45, 2.75) is 50.2 Å².